The van der Waals surface area contributed by atoms with Gasteiger partial charge in [-0.3, -0.25) is 0 Å². The van der Waals surface area contributed by atoms with Crippen molar-refractivity contribution < 1.29 is 19.5 Å². The molecule has 0 spiro atoms. The summed E-state index contributed by atoms with van der Waals surface area (Å²) < 4.78 is 0. The second-order valence-electron chi connectivity index (χ2n) is 5.29. The summed E-state index contributed by atoms with van der Waals surface area (Å²) in [5.74, 6) is 0. The molecule has 1 heteroatoms. The normalized spacial score (nSPS) is 23.6. The van der Waals surface area contributed by atoms with Gasteiger partial charge in [-0.25, -0.2) is 0 Å². The molecule has 2 radical (unpaired) electrons. The zero-order valence-electron chi connectivity index (χ0n) is 10.9. The van der Waals surface area contributed by atoms with Gasteiger partial charge >= 0.3 is 0 Å². The fourth-order valence-corrected chi connectivity index (χ4v) is 3.40. The van der Waals surface area contributed by atoms with Crippen LogP contribution in [0.4, 0.5) is 0 Å². The number of hydrogen-bond acceptors (Lipinski definition) is 0. The number of allylic oxidation sites excluding steroid dienone is 8. The Hall–Kier alpha value is -0.417. The van der Waals surface area contributed by atoms with Crippen molar-refractivity contribution in [2.45, 2.75) is 51.4 Å². The second-order valence-corrected chi connectivity index (χ2v) is 5.29. The molecule has 18 heavy (non-hydrogen) atoms. The molecule has 0 fully saturated rings. The quantitative estimate of drug-likeness (QED) is 0.546. The average Bonchev–Trinajstić information content (AvgIpc) is 2.95. The van der Waals surface area contributed by atoms with Gasteiger partial charge < -0.3 is 0 Å². The van der Waals surface area contributed by atoms with Crippen LogP contribution in [0.15, 0.2) is 46.6 Å². The molecule has 0 aromatic carbocycles. The first-order valence-electron chi connectivity index (χ1n) is 7.08. The third-order valence-electron chi connectivity index (χ3n) is 4.22. The van der Waals surface area contributed by atoms with Crippen LogP contribution in [0.3, 0.4) is 0 Å². The fraction of sp³-hybridized carbons (Fsp3) is 0.471. The minimum absolute atomic E-state index is 0. The van der Waals surface area contributed by atoms with Gasteiger partial charge in [0.1, 0.15) is 0 Å². The standard InChI is InChI=1S/C12H16.C5H5.Rh/c1-2-6-10-9(5-1)11-7-3-4-8-12(10)11;1-2-4-5-3-1;/h1-8H2;1-5H;. The van der Waals surface area contributed by atoms with Crippen LogP contribution in [-0.4, -0.2) is 0 Å². The van der Waals surface area contributed by atoms with E-state index in [1.54, 1.807) is 22.3 Å². The summed E-state index contributed by atoms with van der Waals surface area (Å²) in [6.45, 7) is 0. The van der Waals surface area contributed by atoms with Crippen molar-refractivity contribution in [2.75, 3.05) is 0 Å². The molecule has 0 unspecified atom stereocenters. The zero-order valence-corrected chi connectivity index (χ0v) is 12.5. The molecule has 0 heterocycles. The molecule has 4 aliphatic rings. The van der Waals surface area contributed by atoms with Crippen molar-refractivity contribution in [3.05, 3.63) is 53.0 Å². The predicted molar refractivity (Wildman–Crippen MR) is 73.6 cm³/mol. The first-order valence-corrected chi connectivity index (χ1v) is 7.08. The molecule has 0 nitrogen and oxygen atoms in total. The summed E-state index contributed by atoms with van der Waals surface area (Å²) in [7, 11) is 0. The molecule has 0 saturated heterocycles. The van der Waals surface area contributed by atoms with Crippen LogP contribution >= 0.6 is 0 Å². The number of fused-ring (bicyclic) bond motifs is 2. The Morgan fingerprint density at radius 3 is 1.06 bits per heavy atom. The molecule has 4 rings (SSSR count). The van der Waals surface area contributed by atoms with Gasteiger partial charge in [0.2, 0.25) is 0 Å². The van der Waals surface area contributed by atoms with Gasteiger partial charge in [-0.2, -0.15) is 0 Å². The van der Waals surface area contributed by atoms with Crippen LogP contribution < -0.4 is 0 Å². The van der Waals surface area contributed by atoms with Crippen molar-refractivity contribution in [3.8, 4) is 0 Å². The third-order valence-corrected chi connectivity index (χ3v) is 4.22. The van der Waals surface area contributed by atoms with E-state index < -0.39 is 0 Å². The Balaban J connectivity index is 0.000000172. The van der Waals surface area contributed by atoms with Crippen LogP contribution in [-0.2, 0) is 19.5 Å². The summed E-state index contributed by atoms with van der Waals surface area (Å²) in [4.78, 5) is 0. The monoisotopic (exact) mass is 328 g/mol. The molecule has 0 aromatic heterocycles. The zero-order chi connectivity index (χ0) is 11.5. The minimum atomic E-state index is 0. The maximum atomic E-state index is 2.00. The van der Waals surface area contributed by atoms with Crippen molar-refractivity contribution in [3.63, 3.8) is 0 Å². The maximum absolute atomic E-state index is 2.00. The van der Waals surface area contributed by atoms with Gasteiger partial charge in [-0.05, 0) is 73.7 Å². The molecule has 0 atom stereocenters. The predicted octanol–water partition coefficient (Wildman–Crippen LogP) is 5.06. The van der Waals surface area contributed by atoms with Crippen LogP contribution in [0.25, 0.3) is 0 Å². The Bertz CT molecular complexity index is 342. The molecular formula is C17H21Rh. The van der Waals surface area contributed by atoms with Crippen molar-refractivity contribution in [1.82, 2.24) is 0 Å². The average molecular weight is 328 g/mol. The Morgan fingerprint density at radius 1 is 0.500 bits per heavy atom. The van der Waals surface area contributed by atoms with Crippen LogP contribution in [0.1, 0.15) is 51.4 Å². The summed E-state index contributed by atoms with van der Waals surface area (Å²) in [6.07, 6.45) is 21.5. The molecule has 0 aliphatic heterocycles. The first-order chi connectivity index (χ1) is 8.47. The van der Waals surface area contributed by atoms with Crippen LogP contribution in [0.2, 0.25) is 0 Å². The Kier molecular flexibility index (Phi) is 5.18. The molecule has 0 aromatic rings. The number of rotatable bonds is 0. The van der Waals surface area contributed by atoms with Gasteiger partial charge in [0, 0.05) is 25.9 Å². The van der Waals surface area contributed by atoms with Crippen molar-refractivity contribution in [1.29, 1.82) is 0 Å². The van der Waals surface area contributed by atoms with Gasteiger partial charge in [0.15, 0.2) is 0 Å². The SMILES string of the molecule is C1CCC2=C(C1)C1=C2CCCC1.[CH]1C=CC=C1.[Rh]. The van der Waals surface area contributed by atoms with E-state index >= 15 is 0 Å². The van der Waals surface area contributed by atoms with E-state index in [0.29, 0.717) is 0 Å². The van der Waals surface area contributed by atoms with E-state index in [1.807, 2.05) is 30.7 Å². The Labute approximate surface area is 124 Å². The fourth-order valence-electron chi connectivity index (χ4n) is 3.40. The topological polar surface area (TPSA) is 0 Å². The molecular weight excluding hydrogens is 307 g/mol. The molecule has 0 N–H and O–H groups in total. The van der Waals surface area contributed by atoms with Gasteiger partial charge in [-0.1, -0.05) is 24.3 Å². The summed E-state index contributed by atoms with van der Waals surface area (Å²) in [5.41, 5.74) is 7.21. The van der Waals surface area contributed by atoms with E-state index in [9.17, 15) is 0 Å². The summed E-state index contributed by atoms with van der Waals surface area (Å²) in [6, 6.07) is 0. The Morgan fingerprint density at radius 2 is 0.833 bits per heavy atom. The number of hydrogen-bond donors (Lipinski definition) is 0. The van der Waals surface area contributed by atoms with Gasteiger partial charge in [0.05, 0.1) is 0 Å². The maximum Gasteiger partial charge on any atom is 0.00506 e. The smallest absolute Gasteiger partial charge is 0.00506 e. The molecule has 98 valence electrons. The van der Waals surface area contributed by atoms with Gasteiger partial charge in [-0.15, -0.1) is 0 Å². The van der Waals surface area contributed by atoms with E-state index in [2.05, 4.69) is 0 Å². The van der Waals surface area contributed by atoms with E-state index in [1.165, 1.54) is 51.4 Å². The molecule has 4 aliphatic carbocycles. The van der Waals surface area contributed by atoms with Gasteiger partial charge in [0.25, 0.3) is 0 Å². The van der Waals surface area contributed by atoms with E-state index in [0.717, 1.165) is 0 Å². The van der Waals surface area contributed by atoms with E-state index in [-0.39, 0.29) is 19.5 Å². The molecule has 0 saturated carbocycles. The largest absolute Gasteiger partial charge is 0.0767 e. The minimum Gasteiger partial charge on any atom is -0.0767 e. The molecule has 0 amide bonds. The van der Waals surface area contributed by atoms with E-state index in [4.69, 9.17) is 0 Å². The van der Waals surface area contributed by atoms with Crippen molar-refractivity contribution >= 4 is 0 Å². The van der Waals surface area contributed by atoms with Crippen LogP contribution in [0.5, 0.6) is 0 Å². The first kappa shape index (κ1) is 14.0. The van der Waals surface area contributed by atoms with Crippen LogP contribution in [0, 0.1) is 6.42 Å². The second kappa shape index (κ2) is 6.66. The molecule has 0 bridgehead atoms. The van der Waals surface area contributed by atoms with Crippen molar-refractivity contribution in [2.24, 2.45) is 0 Å². The summed E-state index contributed by atoms with van der Waals surface area (Å²) >= 11 is 0. The third kappa shape index (κ3) is 2.77. The summed E-state index contributed by atoms with van der Waals surface area (Å²) in [5, 5.41) is 0.